The van der Waals surface area contributed by atoms with Crippen LogP contribution in [0.15, 0.2) is 0 Å². The normalized spacial score (nSPS) is 25.9. The van der Waals surface area contributed by atoms with Gasteiger partial charge in [0.1, 0.15) is 0 Å². The predicted molar refractivity (Wildman–Crippen MR) is 63.2 cm³/mol. The standard InChI is InChI=1S/C11H20N2O.ClH/c1-11(2,9-3-4-9)13-10(14)8-5-6-12-7-8;/h8-9,12H,3-7H2,1-2H3,(H,13,14);1H/t8-;/m0./s1. The van der Waals surface area contributed by atoms with Crippen LogP contribution < -0.4 is 10.6 Å². The van der Waals surface area contributed by atoms with Crippen molar-refractivity contribution in [3.8, 4) is 0 Å². The van der Waals surface area contributed by atoms with Gasteiger partial charge in [-0.3, -0.25) is 4.79 Å². The first-order chi connectivity index (χ1) is 6.59. The van der Waals surface area contributed by atoms with Gasteiger partial charge in [0.25, 0.3) is 0 Å². The lowest BCUT2D eigenvalue weighted by molar-refractivity contribution is -0.126. The van der Waals surface area contributed by atoms with Crippen LogP contribution >= 0.6 is 12.4 Å². The predicted octanol–water partition coefficient (Wildman–Crippen LogP) is 1.32. The second-order valence-corrected chi connectivity index (χ2v) is 5.17. The number of carbonyl (C=O) groups excluding carboxylic acids is 1. The van der Waals surface area contributed by atoms with Crippen LogP contribution in [0.3, 0.4) is 0 Å². The van der Waals surface area contributed by atoms with Crippen LogP contribution in [0.25, 0.3) is 0 Å². The number of rotatable bonds is 3. The molecular formula is C11H21ClN2O. The molecule has 2 aliphatic rings. The van der Waals surface area contributed by atoms with Crippen molar-refractivity contribution >= 4 is 18.3 Å². The maximum Gasteiger partial charge on any atom is 0.224 e. The van der Waals surface area contributed by atoms with Gasteiger partial charge in [0.05, 0.1) is 5.92 Å². The monoisotopic (exact) mass is 232 g/mol. The molecule has 3 nitrogen and oxygen atoms in total. The first-order valence-electron chi connectivity index (χ1n) is 5.62. The van der Waals surface area contributed by atoms with Crippen LogP contribution in [0.2, 0.25) is 0 Å². The summed E-state index contributed by atoms with van der Waals surface area (Å²) in [5.41, 5.74) is 0.0136. The van der Waals surface area contributed by atoms with E-state index in [1.54, 1.807) is 0 Å². The van der Waals surface area contributed by atoms with Crippen LogP contribution in [0.4, 0.5) is 0 Å². The van der Waals surface area contributed by atoms with Gasteiger partial charge in [-0.15, -0.1) is 12.4 Å². The molecule has 1 saturated heterocycles. The van der Waals surface area contributed by atoms with Crippen molar-refractivity contribution in [2.24, 2.45) is 11.8 Å². The minimum atomic E-state index is 0. The molecule has 88 valence electrons. The zero-order valence-electron chi connectivity index (χ0n) is 9.51. The third kappa shape index (κ3) is 3.08. The highest BCUT2D eigenvalue weighted by atomic mass is 35.5. The molecule has 4 heteroatoms. The SMILES string of the molecule is CC(C)(NC(=O)[C@H]1CCNC1)C1CC1.Cl. The molecule has 1 heterocycles. The summed E-state index contributed by atoms with van der Waals surface area (Å²) in [4.78, 5) is 11.8. The molecule has 2 fully saturated rings. The van der Waals surface area contributed by atoms with Crippen molar-refractivity contribution < 1.29 is 4.79 Å². The van der Waals surface area contributed by atoms with Gasteiger partial charge < -0.3 is 10.6 Å². The van der Waals surface area contributed by atoms with E-state index in [0.717, 1.165) is 19.5 Å². The molecule has 0 aromatic heterocycles. The molecule has 0 spiro atoms. The summed E-state index contributed by atoms with van der Waals surface area (Å²) >= 11 is 0. The van der Waals surface area contributed by atoms with E-state index in [0.29, 0.717) is 5.92 Å². The Hall–Kier alpha value is -0.280. The van der Waals surface area contributed by atoms with Crippen molar-refractivity contribution in [1.29, 1.82) is 0 Å². The number of carbonyl (C=O) groups is 1. The Bertz CT molecular complexity index is 233. The summed E-state index contributed by atoms with van der Waals surface area (Å²) in [7, 11) is 0. The first kappa shape index (κ1) is 12.8. The van der Waals surface area contributed by atoms with E-state index in [2.05, 4.69) is 24.5 Å². The van der Waals surface area contributed by atoms with Crippen molar-refractivity contribution in [3.63, 3.8) is 0 Å². The van der Waals surface area contributed by atoms with E-state index in [9.17, 15) is 4.79 Å². The Kier molecular flexibility index (Phi) is 4.01. The zero-order valence-corrected chi connectivity index (χ0v) is 10.3. The van der Waals surface area contributed by atoms with Gasteiger partial charge in [0.2, 0.25) is 5.91 Å². The van der Waals surface area contributed by atoms with Crippen molar-refractivity contribution in [2.75, 3.05) is 13.1 Å². The van der Waals surface area contributed by atoms with Crippen molar-refractivity contribution in [2.45, 2.75) is 38.6 Å². The summed E-state index contributed by atoms with van der Waals surface area (Å²) < 4.78 is 0. The maximum absolute atomic E-state index is 11.8. The Morgan fingerprint density at radius 1 is 1.33 bits per heavy atom. The van der Waals surface area contributed by atoms with Crippen LogP contribution in [0.1, 0.15) is 33.1 Å². The molecule has 1 saturated carbocycles. The Labute approximate surface area is 97.8 Å². The van der Waals surface area contributed by atoms with Gasteiger partial charge in [-0.05, 0) is 45.6 Å². The molecule has 2 N–H and O–H groups in total. The van der Waals surface area contributed by atoms with E-state index >= 15 is 0 Å². The fraction of sp³-hybridized carbons (Fsp3) is 0.909. The minimum absolute atomic E-state index is 0. The summed E-state index contributed by atoms with van der Waals surface area (Å²) in [6.07, 6.45) is 3.54. The van der Waals surface area contributed by atoms with E-state index in [1.807, 2.05) is 0 Å². The molecule has 1 amide bonds. The Balaban J connectivity index is 0.00000112. The van der Waals surface area contributed by atoms with Gasteiger partial charge in [-0.2, -0.15) is 0 Å². The number of amides is 1. The first-order valence-corrected chi connectivity index (χ1v) is 5.62. The molecular weight excluding hydrogens is 212 g/mol. The third-order valence-corrected chi connectivity index (χ3v) is 3.47. The lowest BCUT2D eigenvalue weighted by Gasteiger charge is -2.27. The Morgan fingerprint density at radius 2 is 2.00 bits per heavy atom. The van der Waals surface area contributed by atoms with Gasteiger partial charge in [0.15, 0.2) is 0 Å². The minimum Gasteiger partial charge on any atom is -0.351 e. The highest BCUT2D eigenvalue weighted by Crippen LogP contribution is 2.39. The number of hydrogen-bond donors (Lipinski definition) is 2. The van der Waals surface area contributed by atoms with Crippen LogP contribution in [-0.4, -0.2) is 24.5 Å². The van der Waals surface area contributed by atoms with Gasteiger partial charge in [-0.1, -0.05) is 0 Å². The maximum atomic E-state index is 11.8. The topological polar surface area (TPSA) is 41.1 Å². The average molecular weight is 233 g/mol. The van der Waals surface area contributed by atoms with Crippen LogP contribution in [0.5, 0.6) is 0 Å². The van der Waals surface area contributed by atoms with Gasteiger partial charge >= 0.3 is 0 Å². The van der Waals surface area contributed by atoms with E-state index in [1.165, 1.54) is 12.8 Å². The fourth-order valence-corrected chi connectivity index (χ4v) is 2.21. The molecule has 0 unspecified atom stereocenters. The zero-order chi connectivity index (χ0) is 10.2. The Morgan fingerprint density at radius 3 is 2.47 bits per heavy atom. The molecule has 15 heavy (non-hydrogen) atoms. The quantitative estimate of drug-likeness (QED) is 0.771. The molecule has 0 radical (unpaired) electrons. The third-order valence-electron chi connectivity index (χ3n) is 3.47. The van der Waals surface area contributed by atoms with Crippen LogP contribution in [-0.2, 0) is 4.79 Å². The lowest BCUT2D eigenvalue weighted by atomic mass is 9.97. The molecule has 0 aromatic carbocycles. The summed E-state index contributed by atoms with van der Waals surface area (Å²) in [6.45, 7) is 6.13. The van der Waals surface area contributed by atoms with E-state index in [-0.39, 0.29) is 29.8 Å². The van der Waals surface area contributed by atoms with Crippen molar-refractivity contribution in [1.82, 2.24) is 10.6 Å². The second-order valence-electron chi connectivity index (χ2n) is 5.17. The number of nitrogens with one attached hydrogen (secondary N) is 2. The van der Waals surface area contributed by atoms with E-state index in [4.69, 9.17) is 0 Å². The largest absolute Gasteiger partial charge is 0.351 e. The molecule has 2 rings (SSSR count). The van der Waals surface area contributed by atoms with E-state index < -0.39 is 0 Å². The molecule has 1 aliphatic carbocycles. The summed E-state index contributed by atoms with van der Waals surface area (Å²) in [6, 6.07) is 0. The molecule has 0 aromatic rings. The molecule has 0 bridgehead atoms. The number of halogens is 1. The second kappa shape index (κ2) is 4.71. The highest BCUT2D eigenvalue weighted by Gasteiger charge is 2.39. The van der Waals surface area contributed by atoms with Gasteiger partial charge in [0, 0.05) is 12.1 Å². The fourth-order valence-electron chi connectivity index (χ4n) is 2.21. The lowest BCUT2D eigenvalue weighted by Crippen LogP contribution is -2.48. The smallest absolute Gasteiger partial charge is 0.224 e. The highest BCUT2D eigenvalue weighted by molar-refractivity contribution is 5.85. The molecule has 1 aliphatic heterocycles. The molecule has 1 atom stereocenters. The van der Waals surface area contributed by atoms with Gasteiger partial charge in [-0.25, -0.2) is 0 Å². The summed E-state index contributed by atoms with van der Waals surface area (Å²) in [5.74, 6) is 1.15. The summed E-state index contributed by atoms with van der Waals surface area (Å²) in [5, 5.41) is 6.40. The van der Waals surface area contributed by atoms with Crippen molar-refractivity contribution in [3.05, 3.63) is 0 Å². The van der Waals surface area contributed by atoms with Crippen LogP contribution in [0, 0.1) is 11.8 Å². The average Bonchev–Trinajstić information content (AvgIpc) is 2.82. The number of hydrogen-bond acceptors (Lipinski definition) is 2.